The molecule has 66 valence electrons. The van der Waals surface area contributed by atoms with Gasteiger partial charge in [0.25, 0.3) is 0 Å². The van der Waals surface area contributed by atoms with Crippen molar-refractivity contribution in [3.63, 3.8) is 0 Å². The smallest absolute Gasteiger partial charge is 0.234 e. The van der Waals surface area contributed by atoms with E-state index in [0.29, 0.717) is 0 Å². The van der Waals surface area contributed by atoms with E-state index in [0.717, 1.165) is 13.0 Å². The SMILES string of the molecule is CCCCCN[C@@H](C)C(N)=O. The number of primary amides is 1. The minimum atomic E-state index is -0.276. The Morgan fingerprint density at radius 2 is 2.18 bits per heavy atom. The summed E-state index contributed by atoms with van der Waals surface area (Å²) in [5.74, 6) is -0.276. The molecule has 0 heterocycles. The van der Waals surface area contributed by atoms with Crippen molar-refractivity contribution in [3.8, 4) is 0 Å². The minimum absolute atomic E-state index is 0.188. The number of amides is 1. The molecule has 0 saturated heterocycles. The van der Waals surface area contributed by atoms with E-state index in [-0.39, 0.29) is 11.9 Å². The van der Waals surface area contributed by atoms with Gasteiger partial charge >= 0.3 is 0 Å². The summed E-state index contributed by atoms with van der Waals surface area (Å²) in [6.45, 7) is 4.82. The van der Waals surface area contributed by atoms with E-state index in [2.05, 4.69) is 12.2 Å². The number of hydrogen-bond acceptors (Lipinski definition) is 2. The molecule has 0 aromatic carbocycles. The fraction of sp³-hybridized carbons (Fsp3) is 0.875. The molecule has 0 aliphatic rings. The molecule has 0 bridgehead atoms. The summed E-state index contributed by atoms with van der Waals surface area (Å²) in [6.07, 6.45) is 3.53. The van der Waals surface area contributed by atoms with Crippen molar-refractivity contribution in [1.29, 1.82) is 0 Å². The Kier molecular flexibility index (Phi) is 5.84. The predicted octanol–water partition coefficient (Wildman–Crippen LogP) is 0.640. The molecule has 0 unspecified atom stereocenters. The van der Waals surface area contributed by atoms with Gasteiger partial charge in [0.05, 0.1) is 6.04 Å². The normalized spacial score (nSPS) is 12.9. The number of carbonyl (C=O) groups excluding carboxylic acids is 1. The summed E-state index contributed by atoms with van der Waals surface area (Å²) in [7, 11) is 0. The van der Waals surface area contributed by atoms with E-state index in [1.807, 2.05) is 0 Å². The predicted molar refractivity (Wildman–Crippen MR) is 46.2 cm³/mol. The Morgan fingerprint density at radius 1 is 1.55 bits per heavy atom. The summed E-state index contributed by atoms with van der Waals surface area (Å²) < 4.78 is 0. The zero-order valence-corrected chi connectivity index (χ0v) is 7.39. The van der Waals surface area contributed by atoms with E-state index in [1.165, 1.54) is 12.8 Å². The molecule has 3 N–H and O–H groups in total. The van der Waals surface area contributed by atoms with Crippen LogP contribution in [0.3, 0.4) is 0 Å². The van der Waals surface area contributed by atoms with Crippen molar-refractivity contribution in [2.24, 2.45) is 5.73 Å². The number of hydrogen-bond donors (Lipinski definition) is 2. The Labute approximate surface area is 68.3 Å². The Morgan fingerprint density at radius 3 is 2.64 bits per heavy atom. The second-order valence-corrected chi connectivity index (χ2v) is 2.79. The molecule has 1 atom stereocenters. The lowest BCUT2D eigenvalue weighted by atomic mass is 10.2. The zero-order valence-electron chi connectivity index (χ0n) is 7.39. The van der Waals surface area contributed by atoms with Gasteiger partial charge in [0.1, 0.15) is 0 Å². The molecule has 0 fully saturated rings. The maximum Gasteiger partial charge on any atom is 0.234 e. The third kappa shape index (κ3) is 5.85. The Hall–Kier alpha value is -0.570. The minimum Gasteiger partial charge on any atom is -0.368 e. The highest BCUT2D eigenvalue weighted by Gasteiger charge is 2.05. The number of carbonyl (C=O) groups is 1. The first kappa shape index (κ1) is 10.4. The number of unbranched alkanes of at least 4 members (excludes halogenated alkanes) is 2. The highest BCUT2D eigenvalue weighted by Crippen LogP contribution is 1.91. The zero-order chi connectivity index (χ0) is 8.69. The van der Waals surface area contributed by atoms with Gasteiger partial charge in [-0.2, -0.15) is 0 Å². The monoisotopic (exact) mass is 158 g/mol. The average Bonchev–Trinajstić information content (AvgIpc) is 1.97. The van der Waals surface area contributed by atoms with Crippen LogP contribution >= 0.6 is 0 Å². The maximum atomic E-state index is 10.5. The number of rotatable bonds is 6. The van der Waals surface area contributed by atoms with Gasteiger partial charge < -0.3 is 11.1 Å². The van der Waals surface area contributed by atoms with Crippen LogP contribution in [-0.4, -0.2) is 18.5 Å². The summed E-state index contributed by atoms with van der Waals surface area (Å²) >= 11 is 0. The topological polar surface area (TPSA) is 55.1 Å². The fourth-order valence-corrected chi connectivity index (χ4v) is 0.794. The molecule has 0 rings (SSSR count). The van der Waals surface area contributed by atoms with Crippen molar-refractivity contribution < 1.29 is 4.79 Å². The van der Waals surface area contributed by atoms with Crippen molar-refractivity contribution in [2.45, 2.75) is 39.2 Å². The van der Waals surface area contributed by atoms with Crippen LogP contribution in [0.5, 0.6) is 0 Å². The molecule has 0 aliphatic carbocycles. The van der Waals surface area contributed by atoms with E-state index in [1.54, 1.807) is 6.92 Å². The molecular formula is C8H18N2O. The molecule has 0 spiro atoms. The van der Waals surface area contributed by atoms with Crippen LogP contribution in [0.2, 0.25) is 0 Å². The van der Waals surface area contributed by atoms with Gasteiger partial charge in [0.2, 0.25) is 5.91 Å². The second-order valence-electron chi connectivity index (χ2n) is 2.79. The van der Waals surface area contributed by atoms with Crippen LogP contribution in [-0.2, 0) is 4.79 Å². The first-order chi connectivity index (χ1) is 5.18. The fourth-order valence-electron chi connectivity index (χ4n) is 0.794. The molecule has 0 radical (unpaired) electrons. The maximum absolute atomic E-state index is 10.5. The quantitative estimate of drug-likeness (QED) is 0.557. The lowest BCUT2D eigenvalue weighted by molar-refractivity contribution is -0.119. The first-order valence-corrected chi connectivity index (χ1v) is 4.21. The van der Waals surface area contributed by atoms with Crippen molar-refractivity contribution in [3.05, 3.63) is 0 Å². The van der Waals surface area contributed by atoms with Crippen LogP contribution in [0, 0.1) is 0 Å². The summed E-state index contributed by atoms with van der Waals surface area (Å²) in [5, 5.41) is 3.04. The molecule has 0 saturated carbocycles. The number of nitrogens with two attached hydrogens (primary N) is 1. The van der Waals surface area contributed by atoms with E-state index in [9.17, 15) is 4.79 Å². The van der Waals surface area contributed by atoms with Gasteiger partial charge in [0.15, 0.2) is 0 Å². The lowest BCUT2D eigenvalue weighted by Crippen LogP contribution is -2.39. The largest absolute Gasteiger partial charge is 0.368 e. The van der Waals surface area contributed by atoms with Crippen LogP contribution in [0.1, 0.15) is 33.1 Å². The van der Waals surface area contributed by atoms with Gasteiger partial charge in [0, 0.05) is 0 Å². The number of nitrogens with one attached hydrogen (secondary N) is 1. The van der Waals surface area contributed by atoms with Crippen LogP contribution in [0.4, 0.5) is 0 Å². The van der Waals surface area contributed by atoms with E-state index < -0.39 is 0 Å². The van der Waals surface area contributed by atoms with Crippen LogP contribution < -0.4 is 11.1 Å². The molecule has 11 heavy (non-hydrogen) atoms. The molecule has 0 aromatic rings. The van der Waals surface area contributed by atoms with Crippen LogP contribution in [0.25, 0.3) is 0 Å². The molecular weight excluding hydrogens is 140 g/mol. The highest BCUT2D eigenvalue weighted by molar-refractivity contribution is 5.79. The Bertz CT molecular complexity index is 115. The van der Waals surface area contributed by atoms with Crippen LogP contribution in [0.15, 0.2) is 0 Å². The molecule has 3 nitrogen and oxygen atoms in total. The van der Waals surface area contributed by atoms with E-state index >= 15 is 0 Å². The summed E-state index contributed by atoms with van der Waals surface area (Å²) in [4.78, 5) is 10.5. The van der Waals surface area contributed by atoms with Crippen molar-refractivity contribution in [1.82, 2.24) is 5.32 Å². The highest BCUT2D eigenvalue weighted by atomic mass is 16.1. The third-order valence-corrected chi connectivity index (χ3v) is 1.66. The third-order valence-electron chi connectivity index (χ3n) is 1.66. The summed E-state index contributed by atoms with van der Waals surface area (Å²) in [6, 6.07) is -0.188. The molecule has 0 aromatic heterocycles. The molecule has 0 aliphatic heterocycles. The lowest BCUT2D eigenvalue weighted by Gasteiger charge is -2.08. The second kappa shape index (κ2) is 6.16. The molecule has 1 amide bonds. The standard InChI is InChI=1S/C8H18N2O/c1-3-4-5-6-10-7(2)8(9)11/h7,10H,3-6H2,1-2H3,(H2,9,11)/t7-/m0/s1. The summed E-state index contributed by atoms with van der Waals surface area (Å²) in [5.41, 5.74) is 5.05. The van der Waals surface area contributed by atoms with Gasteiger partial charge in [-0.25, -0.2) is 0 Å². The van der Waals surface area contributed by atoms with Gasteiger partial charge in [-0.1, -0.05) is 19.8 Å². The first-order valence-electron chi connectivity index (χ1n) is 4.21. The van der Waals surface area contributed by atoms with Crippen molar-refractivity contribution >= 4 is 5.91 Å². The van der Waals surface area contributed by atoms with Gasteiger partial charge in [-0.05, 0) is 19.9 Å². The van der Waals surface area contributed by atoms with Crippen molar-refractivity contribution in [2.75, 3.05) is 6.54 Å². The van der Waals surface area contributed by atoms with Gasteiger partial charge in [-0.15, -0.1) is 0 Å². The van der Waals surface area contributed by atoms with E-state index in [4.69, 9.17) is 5.73 Å². The average molecular weight is 158 g/mol. The van der Waals surface area contributed by atoms with Gasteiger partial charge in [-0.3, -0.25) is 4.79 Å². The Balaban J connectivity index is 3.17. The molecule has 3 heteroatoms.